The van der Waals surface area contributed by atoms with Crippen molar-refractivity contribution in [1.29, 1.82) is 0 Å². The van der Waals surface area contributed by atoms with Crippen LogP contribution in [-0.4, -0.2) is 67.7 Å². The first-order valence-corrected chi connectivity index (χ1v) is 11.3. The maximum atomic E-state index is 12.6. The highest BCUT2D eigenvalue weighted by molar-refractivity contribution is 5.77. The number of carbonyl (C=O) groups excluding carboxylic acids is 1. The van der Waals surface area contributed by atoms with Crippen LogP contribution in [-0.2, 0) is 9.53 Å². The van der Waals surface area contributed by atoms with Crippen LogP contribution >= 0.6 is 0 Å². The number of aryl methyl sites for hydroxylation is 1. The number of nitrogens with zero attached hydrogens (tertiary/aromatic N) is 2. The van der Waals surface area contributed by atoms with Crippen LogP contribution in [0.5, 0.6) is 5.75 Å². The molecule has 0 aliphatic carbocycles. The van der Waals surface area contributed by atoms with Crippen molar-refractivity contribution in [2.75, 3.05) is 45.9 Å². The summed E-state index contributed by atoms with van der Waals surface area (Å²) >= 11 is 0. The average Bonchev–Trinajstić information content (AvgIpc) is 3.10. The highest BCUT2D eigenvalue weighted by atomic mass is 16.5. The molecule has 29 heavy (non-hydrogen) atoms. The van der Waals surface area contributed by atoms with Crippen molar-refractivity contribution in [3.05, 3.63) is 29.8 Å². The first-order valence-electron chi connectivity index (χ1n) is 11.3. The lowest BCUT2D eigenvalue weighted by Crippen LogP contribution is -2.45. The number of hydrogen-bond donors (Lipinski definition) is 0. The summed E-state index contributed by atoms with van der Waals surface area (Å²) in [4.78, 5) is 17.1. The summed E-state index contributed by atoms with van der Waals surface area (Å²) in [7, 11) is 0. The molecular weight excluding hydrogens is 364 g/mol. The molecule has 0 bridgehead atoms. The standard InChI is InChI=1S/C24H36N2O3/c1-19-5-7-21(8-6-19)28-17-23(27)26-12-9-24(10-13-26)14-22(29-18-24)16-25-11-3-4-20(2)15-25/h5-8,20,22H,3-4,9-18H2,1-2H3/t20-,22-/m1/s1. The van der Waals surface area contributed by atoms with Crippen LogP contribution in [0, 0.1) is 18.3 Å². The first-order chi connectivity index (χ1) is 14.0. The molecular formula is C24H36N2O3. The second kappa shape index (κ2) is 9.05. The van der Waals surface area contributed by atoms with Gasteiger partial charge in [-0.3, -0.25) is 4.79 Å². The van der Waals surface area contributed by atoms with Crippen molar-refractivity contribution < 1.29 is 14.3 Å². The summed E-state index contributed by atoms with van der Waals surface area (Å²) in [6.07, 6.45) is 6.31. The zero-order valence-corrected chi connectivity index (χ0v) is 18.1. The summed E-state index contributed by atoms with van der Waals surface area (Å²) in [5.74, 6) is 1.67. The molecule has 1 spiro atoms. The smallest absolute Gasteiger partial charge is 0.260 e. The quantitative estimate of drug-likeness (QED) is 0.759. The normalized spacial score (nSPS) is 27.3. The molecule has 1 aromatic rings. The van der Waals surface area contributed by atoms with E-state index in [1.807, 2.05) is 36.1 Å². The Hall–Kier alpha value is -1.59. The Kier molecular flexibility index (Phi) is 6.45. The van der Waals surface area contributed by atoms with E-state index in [4.69, 9.17) is 9.47 Å². The van der Waals surface area contributed by atoms with E-state index in [1.54, 1.807) is 0 Å². The third kappa shape index (κ3) is 5.32. The van der Waals surface area contributed by atoms with Gasteiger partial charge in [-0.05, 0) is 69.0 Å². The number of carbonyl (C=O) groups is 1. The van der Waals surface area contributed by atoms with Gasteiger partial charge < -0.3 is 19.3 Å². The maximum absolute atomic E-state index is 12.6. The molecule has 3 fully saturated rings. The lowest BCUT2D eigenvalue weighted by atomic mass is 9.76. The minimum absolute atomic E-state index is 0.0956. The van der Waals surface area contributed by atoms with E-state index in [0.717, 1.165) is 57.2 Å². The number of hydrogen-bond acceptors (Lipinski definition) is 4. The molecule has 1 aromatic carbocycles. The monoisotopic (exact) mass is 400 g/mol. The molecule has 3 aliphatic heterocycles. The summed E-state index contributed by atoms with van der Waals surface area (Å²) < 4.78 is 11.9. The van der Waals surface area contributed by atoms with Gasteiger partial charge in [-0.1, -0.05) is 24.6 Å². The SMILES string of the molecule is Cc1ccc(OCC(=O)N2CCC3(CC2)CO[C@@H](CN2CCC[C@@H](C)C2)C3)cc1. The second-order valence-electron chi connectivity index (χ2n) is 9.63. The predicted molar refractivity (Wildman–Crippen MR) is 114 cm³/mol. The Morgan fingerprint density at radius 3 is 2.69 bits per heavy atom. The van der Waals surface area contributed by atoms with Gasteiger partial charge in [0.05, 0.1) is 12.7 Å². The minimum Gasteiger partial charge on any atom is -0.484 e. The highest BCUT2D eigenvalue weighted by Gasteiger charge is 2.43. The highest BCUT2D eigenvalue weighted by Crippen LogP contribution is 2.42. The second-order valence-corrected chi connectivity index (χ2v) is 9.63. The number of rotatable bonds is 5. The average molecular weight is 401 g/mol. The molecule has 3 aliphatic rings. The van der Waals surface area contributed by atoms with Crippen LogP contribution in [0.2, 0.25) is 0 Å². The van der Waals surface area contributed by atoms with Gasteiger partial charge in [0, 0.05) is 26.2 Å². The molecule has 3 saturated heterocycles. The molecule has 0 radical (unpaired) electrons. The van der Waals surface area contributed by atoms with E-state index >= 15 is 0 Å². The van der Waals surface area contributed by atoms with Gasteiger partial charge in [0.2, 0.25) is 0 Å². The van der Waals surface area contributed by atoms with Crippen molar-refractivity contribution in [2.24, 2.45) is 11.3 Å². The summed E-state index contributed by atoms with van der Waals surface area (Å²) in [6, 6.07) is 7.86. The fraction of sp³-hybridized carbons (Fsp3) is 0.708. The topological polar surface area (TPSA) is 42.0 Å². The van der Waals surface area contributed by atoms with Crippen LogP contribution < -0.4 is 4.74 Å². The Morgan fingerprint density at radius 1 is 1.21 bits per heavy atom. The van der Waals surface area contributed by atoms with Crippen molar-refractivity contribution >= 4 is 5.91 Å². The zero-order valence-electron chi connectivity index (χ0n) is 18.1. The van der Waals surface area contributed by atoms with E-state index < -0.39 is 0 Å². The predicted octanol–water partition coefficient (Wildman–Crippen LogP) is 3.50. The van der Waals surface area contributed by atoms with E-state index in [1.165, 1.54) is 31.5 Å². The van der Waals surface area contributed by atoms with Crippen LogP contribution in [0.15, 0.2) is 24.3 Å². The van der Waals surface area contributed by atoms with E-state index in [9.17, 15) is 4.79 Å². The summed E-state index contributed by atoms with van der Waals surface area (Å²) in [6.45, 7) is 10.6. The molecule has 3 heterocycles. The van der Waals surface area contributed by atoms with Crippen LogP contribution in [0.25, 0.3) is 0 Å². The number of ether oxygens (including phenoxy) is 2. The summed E-state index contributed by atoms with van der Waals surface area (Å²) in [5.41, 5.74) is 1.47. The molecule has 2 atom stereocenters. The van der Waals surface area contributed by atoms with Gasteiger partial charge >= 0.3 is 0 Å². The number of amides is 1. The molecule has 0 aromatic heterocycles. The van der Waals surface area contributed by atoms with Crippen LogP contribution in [0.3, 0.4) is 0 Å². The molecule has 0 N–H and O–H groups in total. The fourth-order valence-electron chi connectivity index (χ4n) is 5.20. The Bertz CT molecular complexity index is 682. The first kappa shape index (κ1) is 20.7. The number of benzene rings is 1. The Balaban J connectivity index is 1.20. The Morgan fingerprint density at radius 2 is 1.97 bits per heavy atom. The van der Waals surface area contributed by atoms with Gasteiger partial charge in [0.1, 0.15) is 5.75 Å². The molecule has 5 nitrogen and oxygen atoms in total. The van der Waals surface area contributed by atoms with Gasteiger partial charge in [-0.2, -0.15) is 0 Å². The largest absolute Gasteiger partial charge is 0.484 e. The van der Waals surface area contributed by atoms with Gasteiger partial charge in [0.15, 0.2) is 6.61 Å². The molecule has 1 amide bonds. The lowest BCUT2D eigenvalue weighted by molar-refractivity contribution is -0.135. The van der Waals surface area contributed by atoms with Crippen molar-refractivity contribution in [2.45, 2.75) is 52.1 Å². The third-order valence-corrected chi connectivity index (χ3v) is 7.05. The molecule has 5 heteroatoms. The molecule has 160 valence electrons. The van der Waals surface area contributed by atoms with Crippen molar-refractivity contribution in [1.82, 2.24) is 9.80 Å². The van der Waals surface area contributed by atoms with Gasteiger partial charge in [-0.25, -0.2) is 0 Å². The van der Waals surface area contributed by atoms with Crippen LogP contribution in [0.1, 0.15) is 44.6 Å². The third-order valence-electron chi connectivity index (χ3n) is 7.05. The van der Waals surface area contributed by atoms with E-state index in [2.05, 4.69) is 11.8 Å². The van der Waals surface area contributed by atoms with E-state index in [-0.39, 0.29) is 17.9 Å². The van der Waals surface area contributed by atoms with Crippen LogP contribution in [0.4, 0.5) is 0 Å². The van der Waals surface area contributed by atoms with Crippen molar-refractivity contribution in [3.8, 4) is 5.75 Å². The Labute approximate surface area is 175 Å². The van der Waals surface area contributed by atoms with E-state index in [0.29, 0.717) is 6.10 Å². The minimum atomic E-state index is 0.0956. The zero-order chi connectivity index (χ0) is 20.3. The number of piperidine rings is 2. The van der Waals surface area contributed by atoms with Crippen molar-refractivity contribution in [3.63, 3.8) is 0 Å². The molecule has 0 saturated carbocycles. The molecule has 0 unspecified atom stereocenters. The maximum Gasteiger partial charge on any atom is 0.260 e. The summed E-state index contributed by atoms with van der Waals surface area (Å²) in [5, 5.41) is 0. The van der Waals surface area contributed by atoms with Gasteiger partial charge in [0.25, 0.3) is 5.91 Å². The molecule has 4 rings (SSSR count). The lowest BCUT2D eigenvalue weighted by Gasteiger charge is -2.38. The van der Waals surface area contributed by atoms with Gasteiger partial charge in [-0.15, -0.1) is 0 Å². The fourth-order valence-corrected chi connectivity index (χ4v) is 5.20. The number of likely N-dealkylation sites (tertiary alicyclic amines) is 2.